The van der Waals surface area contributed by atoms with Gasteiger partial charge in [0.15, 0.2) is 0 Å². The molecule has 1 atom stereocenters. The van der Waals surface area contributed by atoms with Gasteiger partial charge in [0.05, 0.1) is 6.61 Å². The Bertz CT molecular complexity index is 289. The lowest BCUT2D eigenvalue weighted by Gasteiger charge is -2.09. The van der Waals surface area contributed by atoms with Crippen LogP contribution in [0.5, 0.6) is 0 Å². The van der Waals surface area contributed by atoms with Crippen molar-refractivity contribution in [3.05, 3.63) is 35.9 Å². The highest BCUT2D eigenvalue weighted by Gasteiger charge is 2.15. The summed E-state index contributed by atoms with van der Waals surface area (Å²) in [7, 11) is 0. The number of carbonyl (C=O) groups is 1. The van der Waals surface area contributed by atoms with Crippen molar-refractivity contribution >= 4 is 17.5 Å². The fraction of sp³-hybridized carbons (Fsp3) is 0.300. The zero-order chi connectivity index (χ0) is 10.4. The third-order valence-electron chi connectivity index (χ3n) is 1.73. The lowest BCUT2D eigenvalue weighted by Crippen LogP contribution is -2.29. The maximum Gasteiger partial charge on any atom is 0.242 e. The summed E-state index contributed by atoms with van der Waals surface area (Å²) >= 11 is 5.90. The van der Waals surface area contributed by atoms with Gasteiger partial charge in [0.25, 0.3) is 0 Å². The molecule has 14 heavy (non-hydrogen) atoms. The molecule has 3 nitrogen and oxygen atoms in total. The predicted octanol–water partition coefficient (Wildman–Crippen LogP) is 1.07. The minimum absolute atomic E-state index is 0.0792. The second-order valence-corrected chi connectivity index (χ2v) is 3.22. The van der Waals surface area contributed by atoms with Crippen LogP contribution in [0.1, 0.15) is 10.9 Å². The maximum absolute atomic E-state index is 11.3. The van der Waals surface area contributed by atoms with E-state index >= 15 is 0 Å². The van der Waals surface area contributed by atoms with Gasteiger partial charge in [0, 0.05) is 6.54 Å². The van der Waals surface area contributed by atoms with Crippen LogP contribution in [-0.2, 0) is 4.79 Å². The smallest absolute Gasteiger partial charge is 0.242 e. The first-order chi connectivity index (χ1) is 6.75. The lowest BCUT2D eigenvalue weighted by atomic mass is 10.1. The van der Waals surface area contributed by atoms with E-state index in [0.717, 1.165) is 5.56 Å². The molecule has 1 aromatic rings. The number of nitrogens with one attached hydrogen (secondary N) is 1. The third kappa shape index (κ3) is 3.01. The van der Waals surface area contributed by atoms with Gasteiger partial charge in [-0.2, -0.15) is 0 Å². The van der Waals surface area contributed by atoms with E-state index in [-0.39, 0.29) is 19.1 Å². The zero-order valence-corrected chi connectivity index (χ0v) is 8.37. The molecule has 1 rings (SSSR count). The first-order valence-corrected chi connectivity index (χ1v) is 4.77. The van der Waals surface area contributed by atoms with Gasteiger partial charge < -0.3 is 10.4 Å². The normalized spacial score (nSPS) is 12.1. The van der Waals surface area contributed by atoms with Crippen LogP contribution in [0.25, 0.3) is 0 Å². The van der Waals surface area contributed by atoms with E-state index in [4.69, 9.17) is 16.7 Å². The van der Waals surface area contributed by atoms with Crippen LogP contribution in [0, 0.1) is 0 Å². The number of benzene rings is 1. The molecule has 0 fully saturated rings. The monoisotopic (exact) mass is 213 g/mol. The Kier molecular flexibility index (Phi) is 4.43. The molecule has 0 heterocycles. The summed E-state index contributed by atoms with van der Waals surface area (Å²) in [6.45, 7) is 0.152. The largest absolute Gasteiger partial charge is 0.395 e. The van der Waals surface area contributed by atoms with Gasteiger partial charge >= 0.3 is 0 Å². The summed E-state index contributed by atoms with van der Waals surface area (Å²) < 4.78 is 0. The summed E-state index contributed by atoms with van der Waals surface area (Å²) in [5.74, 6) is -0.285. The Morgan fingerprint density at radius 2 is 2.07 bits per heavy atom. The number of rotatable bonds is 4. The van der Waals surface area contributed by atoms with Crippen molar-refractivity contribution in [1.82, 2.24) is 5.32 Å². The molecule has 76 valence electrons. The molecule has 0 aromatic heterocycles. The molecule has 0 aliphatic carbocycles. The van der Waals surface area contributed by atoms with Crippen LogP contribution in [0.3, 0.4) is 0 Å². The van der Waals surface area contributed by atoms with Gasteiger partial charge in [-0.05, 0) is 5.56 Å². The molecule has 0 aliphatic heterocycles. The van der Waals surface area contributed by atoms with E-state index in [0.29, 0.717) is 0 Å². The minimum atomic E-state index is -0.692. The molecule has 2 N–H and O–H groups in total. The molecule has 1 amide bonds. The van der Waals surface area contributed by atoms with Crippen molar-refractivity contribution in [2.24, 2.45) is 0 Å². The average Bonchev–Trinajstić information content (AvgIpc) is 2.26. The number of halogens is 1. The van der Waals surface area contributed by atoms with Gasteiger partial charge in [-0.25, -0.2) is 0 Å². The number of amides is 1. The molecular weight excluding hydrogens is 202 g/mol. The molecule has 1 unspecified atom stereocenters. The summed E-state index contributed by atoms with van der Waals surface area (Å²) in [6.07, 6.45) is 0. The van der Waals surface area contributed by atoms with Crippen LogP contribution < -0.4 is 5.32 Å². The maximum atomic E-state index is 11.3. The first kappa shape index (κ1) is 11.0. The Hall–Kier alpha value is -1.06. The summed E-state index contributed by atoms with van der Waals surface area (Å²) in [5, 5.41) is 10.3. The number of hydrogen-bond donors (Lipinski definition) is 2. The summed E-state index contributed by atoms with van der Waals surface area (Å²) in [6, 6.07) is 9.08. The van der Waals surface area contributed by atoms with Gasteiger partial charge in [-0.3, -0.25) is 4.79 Å². The first-order valence-electron chi connectivity index (χ1n) is 4.33. The fourth-order valence-electron chi connectivity index (χ4n) is 1.04. The van der Waals surface area contributed by atoms with E-state index in [1.165, 1.54) is 0 Å². The van der Waals surface area contributed by atoms with E-state index in [1.54, 1.807) is 12.1 Å². The van der Waals surface area contributed by atoms with Crippen LogP contribution in [0.15, 0.2) is 30.3 Å². The molecule has 0 aliphatic rings. The molecular formula is C10H12ClNO2. The molecule has 0 saturated carbocycles. The standard InChI is InChI=1S/C10H12ClNO2/c11-9(10(14)12-6-7-13)8-4-2-1-3-5-8/h1-5,9,13H,6-7H2,(H,12,14). The highest BCUT2D eigenvalue weighted by molar-refractivity contribution is 6.30. The molecule has 0 bridgehead atoms. The van der Waals surface area contributed by atoms with E-state index < -0.39 is 5.38 Å². The van der Waals surface area contributed by atoms with Crippen molar-refractivity contribution in [1.29, 1.82) is 0 Å². The second kappa shape index (κ2) is 5.62. The van der Waals surface area contributed by atoms with Crippen molar-refractivity contribution in [3.63, 3.8) is 0 Å². The second-order valence-electron chi connectivity index (χ2n) is 2.79. The average molecular weight is 214 g/mol. The molecule has 0 radical (unpaired) electrons. The van der Waals surface area contributed by atoms with Gasteiger partial charge in [0.2, 0.25) is 5.91 Å². The van der Waals surface area contributed by atoms with Gasteiger partial charge in [-0.15, -0.1) is 11.6 Å². The topological polar surface area (TPSA) is 49.3 Å². The van der Waals surface area contributed by atoms with Crippen molar-refractivity contribution < 1.29 is 9.90 Å². The fourth-order valence-corrected chi connectivity index (χ4v) is 1.26. The Morgan fingerprint density at radius 3 is 2.64 bits per heavy atom. The SMILES string of the molecule is O=C(NCCO)C(Cl)c1ccccc1. The number of aliphatic hydroxyl groups is 1. The van der Waals surface area contributed by atoms with Crippen molar-refractivity contribution in [2.45, 2.75) is 5.38 Å². The molecule has 4 heteroatoms. The lowest BCUT2D eigenvalue weighted by molar-refractivity contribution is -0.121. The number of carbonyl (C=O) groups excluding carboxylic acids is 1. The zero-order valence-electron chi connectivity index (χ0n) is 7.61. The molecule has 0 spiro atoms. The minimum Gasteiger partial charge on any atom is -0.395 e. The summed E-state index contributed by atoms with van der Waals surface area (Å²) in [5.41, 5.74) is 0.754. The molecule has 1 aromatic carbocycles. The highest BCUT2D eigenvalue weighted by Crippen LogP contribution is 2.19. The quantitative estimate of drug-likeness (QED) is 0.736. The van der Waals surface area contributed by atoms with E-state index in [2.05, 4.69) is 5.32 Å². The van der Waals surface area contributed by atoms with E-state index in [9.17, 15) is 4.79 Å². The van der Waals surface area contributed by atoms with Crippen LogP contribution >= 0.6 is 11.6 Å². The van der Waals surface area contributed by atoms with Gasteiger partial charge in [0.1, 0.15) is 5.38 Å². The highest BCUT2D eigenvalue weighted by atomic mass is 35.5. The Balaban J connectivity index is 2.57. The molecule has 0 saturated heterocycles. The number of aliphatic hydroxyl groups excluding tert-OH is 1. The summed E-state index contributed by atoms with van der Waals surface area (Å²) in [4.78, 5) is 11.3. The Labute approximate surface area is 87.7 Å². The van der Waals surface area contributed by atoms with Crippen LogP contribution in [0.4, 0.5) is 0 Å². The third-order valence-corrected chi connectivity index (χ3v) is 2.18. The van der Waals surface area contributed by atoms with Gasteiger partial charge in [-0.1, -0.05) is 30.3 Å². The number of hydrogen-bond acceptors (Lipinski definition) is 2. The van der Waals surface area contributed by atoms with Crippen LogP contribution in [0.2, 0.25) is 0 Å². The van der Waals surface area contributed by atoms with E-state index in [1.807, 2.05) is 18.2 Å². The Morgan fingerprint density at radius 1 is 1.43 bits per heavy atom. The van der Waals surface area contributed by atoms with Crippen molar-refractivity contribution in [3.8, 4) is 0 Å². The van der Waals surface area contributed by atoms with Crippen LogP contribution in [-0.4, -0.2) is 24.2 Å². The predicted molar refractivity (Wildman–Crippen MR) is 55.1 cm³/mol. The number of alkyl halides is 1. The van der Waals surface area contributed by atoms with Crippen molar-refractivity contribution in [2.75, 3.05) is 13.2 Å².